The highest BCUT2D eigenvalue weighted by Crippen LogP contribution is 2.10. The zero-order valence-corrected chi connectivity index (χ0v) is 15.1. The van der Waals surface area contributed by atoms with Crippen LogP contribution < -0.4 is 4.87 Å². The maximum atomic E-state index is 12.3. The monoisotopic (exact) mass is 356 g/mol. The first kappa shape index (κ1) is 17.2. The molecule has 0 aliphatic rings. The number of amides is 1. The van der Waals surface area contributed by atoms with E-state index in [2.05, 4.69) is 5.10 Å². The van der Waals surface area contributed by atoms with Crippen molar-refractivity contribution >= 4 is 17.2 Å². The first-order valence-corrected chi connectivity index (χ1v) is 8.90. The van der Waals surface area contributed by atoms with E-state index in [0.717, 1.165) is 16.9 Å². The van der Waals surface area contributed by atoms with Gasteiger partial charge in [0.15, 0.2) is 0 Å². The molecule has 2 heterocycles. The van der Waals surface area contributed by atoms with Crippen LogP contribution in [0.2, 0.25) is 0 Å². The third-order valence-electron chi connectivity index (χ3n) is 4.03. The second-order valence-electron chi connectivity index (χ2n) is 5.92. The maximum Gasteiger partial charge on any atom is 0.307 e. The molecule has 0 spiro atoms. The number of carbonyl (C=O) groups excluding carboxylic acids is 1. The van der Waals surface area contributed by atoms with Gasteiger partial charge in [0.25, 0.3) is 0 Å². The molecule has 0 atom stereocenters. The molecular weight excluding hydrogens is 336 g/mol. The Kier molecular flexibility index (Phi) is 5.14. The Bertz CT molecular complexity index is 911. The van der Waals surface area contributed by atoms with Crippen LogP contribution in [0.5, 0.6) is 0 Å². The van der Waals surface area contributed by atoms with Gasteiger partial charge in [0.2, 0.25) is 5.91 Å². The van der Waals surface area contributed by atoms with Crippen LogP contribution >= 0.6 is 11.3 Å². The summed E-state index contributed by atoms with van der Waals surface area (Å²) in [6.07, 6.45) is 4.00. The van der Waals surface area contributed by atoms with Gasteiger partial charge < -0.3 is 9.47 Å². The van der Waals surface area contributed by atoms with Gasteiger partial charge in [0, 0.05) is 49.4 Å². The molecule has 3 rings (SSSR count). The Morgan fingerprint density at radius 3 is 2.72 bits per heavy atom. The Morgan fingerprint density at radius 2 is 2.04 bits per heavy atom. The van der Waals surface area contributed by atoms with E-state index in [-0.39, 0.29) is 10.8 Å². The molecule has 0 unspecified atom stereocenters. The fourth-order valence-electron chi connectivity index (χ4n) is 2.60. The molecule has 0 aliphatic carbocycles. The first-order valence-electron chi connectivity index (χ1n) is 8.02. The number of hydrogen-bond donors (Lipinski definition) is 0. The smallest absolute Gasteiger partial charge is 0.307 e. The van der Waals surface area contributed by atoms with Crippen LogP contribution in [0.4, 0.5) is 0 Å². The summed E-state index contributed by atoms with van der Waals surface area (Å²) in [6.45, 7) is 2.79. The number of aromatic nitrogens is 3. The summed E-state index contributed by atoms with van der Waals surface area (Å²) in [5.41, 5.74) is 2.84. The van der Waals surface area contributed by atoms with Crippen molar-refractivity contribution in [2.45, 2.75) is 26.4 Å². The van der Waals surface area contributed by atoms with Crippen molar-refractivity contribution in [2.75, 3.05) is 7.05 Å². The molecule has 1 amide bonds. The number of nitrogens with zero attached hydrogens (tertiary/aromatic N) is 4. The number of hydrogen-bond acceptors (Lipinski definition) is 4. The third kappa shape index (κ3) is 4.06. The van der Waals surface area contributed by atoms with E-state index in [9.17, 15) is 9.59 Å². The van der Waals surface area contributed by atoms with E-state index in [0.29, 0.717) is 19.5 Å². The number of benzene rings is 1. The zero-order chi connectivity index (χ0) is 17.8. The Hall–Kier alpha value is -2.67. The number of aryl methyl sites for hydroxylation is 1. The zero-order valence-electron chi connectivity index (χ0n) is 14.3. The topological polar surface area (TPSA) is 60.1 Å². The molecule has 0 bridgehead atoms. The molecule has 0 N–H and O–H groups in total. The molecule has 0 saturated carbocycles. The number of para-hydroxylation sites is 1. The summed E-state index contributed by atoms with van der Waals surface area (Å²) < 4.78 is 3.44. The Morgan fingerprint density at radius 1 is 1.28 bits per heavy atom. The van der Waals surface area contributed by atoms with Gasteiger partial charge in [-0.05, 0) is 19.1 Å². The van der Waals surface area contributed by atoms with Gasteiger partial charge in [0.1, 0.15) is 0 Å². The number of rotatable bonds is 6. The standard InChI is InChI=1S/C18H20N4O2S/c1-14-13-25-18(24)21(14)9-8-17(23)20(2)11-15-10-19-22(12-15)16-6-4-3-5-7-16/h3-7,10,12-13H,8-9,11H2,1-2H3. The predicted octanol–water partition coefficient (Wildman–Crippen LogP) is 2.45. The van der Waals surface area contributed by atoms with Crippen LogP contribution in [0.15, 0.2) is 52.9 Å². The lowest BCUT2D eigenvalue weighted by Crippen LogP contribution is -2.28. The Balaban J connectivity index is 1.58. The molecule has 2 aromatic heterocycles. The van der Waals surface area contributed by atoms with Gasteiger partial charge in [-0.25, -0.2) is 4.68 Å². The van der Waals surface area contributed by atoms with E-state index in [1.54, 1.807) is 27.4 Å². The van der Waals surface area contributed by atoms with Crippen molar-refractivity contribution in [3.8, 4) is 5.69 Å². The highest BCUT2D eigenvalue weighted by atomic mass is 32.1. The summed E-state index contributed by atoms with van der Waals surface area (Å²) >= 11 is 1.17. The van der Waals surface area contributed by atoms with Gasteiger partial charge in [-0.3, -0.25) is 9.59 Å². The van der Waals surface area contributed by atoms with E-state index in [1.807, 2.05) is 48.8 Å². The molecule has 0 fully saturated rings. The van der Waals surface area contributed by atoms with Gasteiger partial charge in [-0.15, -0.1) is 0 Å². The van der Waals surface area contributed by atoms with Crippen molar-refractivity contribution < 1.29 is 4.79 Å². The average molecular weight is 356 g/mol. The van der Waals surface area contributed by atoms with E-state index in [1.165, 1.54) is 11.3 Å². The average Bonchev–Trinajstić information content (AvgIpc) is 3.21. The molecule has 6 nitrogen and oxygen atoms in total. The summed E-state index contributed by atoms with van der Waals surface area (Å²) in [5, 5.41) is 6.16. The van der Waals surface area contributed by atoms with Crippen LogP contribution in [-0.4, -0.2) is 32.2 Å². The predicted molar refractivity (Wildman–Crippen MR) is 98.0 cm³/mol. The van der Waals surface area contributed by atoms with Crippen molar-refractivity contribution in [3.63, 3.8) is 0 Å². The minimum Gasteiger partial charge on any atom is -0.341 e. The van der Waals surface area contributed by atoms with Crippen LogP contribution in [-0.2, 0) is 17.9 Å². The van der Waals surface area contributed by atoms with Crippen molar-refractivity contribution in [2.24, 2.45) is 0 Å². The second-order valence-corrected chi connectivity index (χ2v) is 6.74. The fraction of sp³-hybridized carbons (Fsp3) is 0.278. The van der Waals surface area contributed by atoms with E-state index >= 15 is 0 Å². The van der Waals surface area contributed by atoms with Crippen LogP contribution in [0.25, 0.3) is 5.69 Å². The highest BCUT2D eigenvalue weighted by molar-refractivity contribution is 7.07. The van der Waals surface area contributed by atoms with Crippen molar-refractivity contribution in [3.05, 3.63) is 69.0 Å². The molecule has 25 heavy (non-hydrogen) atoms. The third-order valence-corrected chi connectivity index (χ3v) is 4.91. The fourth-order valence-corrected chi connectivity index (χ4v) is 3.36. The lowest BCUT2D eigenvalue weighted by atomic mass is 10.3. The van der Waals surface area contributed by atoms with Gasteiger partial charge in [-0.1, -0.05) is 29.5 Å². The SMILES string of the molecule is Cc1csc(=O)n1CCC(=O)N(C)Cc1cnn(-c2ccccc2)c1. The van der Waals surface area contributed by atoms with Crippen LogP contribution in [0.3, 0.4) is 0 Å². The normalized spacial score (nSPS) is 10.8. The minimum absolute atomic E-state index is 0.00459. The first-order chi connectivity index (χ1) is 12.0. The lowest BCUT2D eigenvalue weighted by molar-refractivity contribution is -0.130. The van der Waals surface area contributed by atoms with Crippen molar-refractivity contribution in [1.29, 1.82) is 0 Å². The summed E-state index contributed by atoms with van der Waals surface area (Å²) in [4.78, 5) is 25.7. The van der Waals surface area contributed by atoms with Crippen LogP contribution in [0, 0.1) is 6.92 Å². The number of carbonyl (C=O) groups is 1. The van der Waals surface area contributed by atoms with Crippen LogP contribution in [0.1, 0.15) is 17.7 Å². The summed E-state index contributed by atoms with van der Waals surface area (Å²) in [5.74, 6) is 0.00459. The Labute approximate surface area is 149 Å². The van der Waals surface area contributed by atoms with Gasteiger partial charge in [0.05, 0.1) is 11.9 Å². The molecule has 0 saturated heterocycles. The molecule has 130 valence electrons. The molecule has 0 aliphatic heterocycles. The van der Waals surface area contributed by atoms with Crippen molar-refractivity contribution in [1.82, 2.24) is 19.2 Å². The summed E-state index contributed by atoms with van der Waals surface area (Å²) in [7, 11) is 1.77. The molecule has 7 heteroatoms. The second kappa shape index (κ2) is 7.48. The van der Waals surface area contributed by atoms with E-state index in [4.69, 9.17) is 0 Å². The van der Waals surface area contributed by atoms with Gasteiger partial charge in [-0.2, -0.15) is 5.10 Å². The molecule has 1 aromatic carbocycles. The molecule has 3 aromatic rings. The maximum absolute atomic E-state index is 12.3. The summed E-state index contributed by atoms with van der Waals surface area (Å²) in [6, 6.07) is 9.83. The highest BCUT2D eigenvalue weighted by Gasteiger charge is 2.12. The van der Waals surface area contributed by atoms with Gasteiger partial charge >= 0.3 is 4.87 Å². The molecular formula is C18H20N4O2S. The quantitative estimate of drug-likeness (QED) is 0.682. The van der Waals surface area contributed by atoms with E-state index < -0.39 is 0 Å². The number of thiazole rings is 1. The minimum atomic E-state index is -0.0166. The molecule has 0 radical (unpaired) electrons. The largest absolute Gasteiger partial charge is 0.341 e. The lowest BCUT2D eigenvalue weighted by Gasteiger charge is -2.16.